The minimum absolute atomic E-state index is 0.0327. The average molecular weight is 312 g/mol. The lowest BCUT2D eigenvalue weighted by Gasteiger charge is -2.19. The highest BCUT2D eigenvalue weighted by Crippen LogP contribution is 2.30. The maximum atomic E-state index is 12.3. The molecule has 0 aliphatic carbocycles. The Bertz CT molecular complexity index is 716. The molecular weight excluding hydrogens is 300 g/mol. The van der Waals surface area contributed by atoms with Crippen molar-refractivity contribution in [2.24, 2.45) is 0 Å². The van der Waals surface area contributed by atoms with Crippen molar-refractivity contribution in [1.29, 1.82) is 0 Å². The summed E-state index contributed by atoms with van der Waals surface area (Å²) in [6, 6.07) is 2.89. The number of amides is 1. The number of fused-ring (bicyclic) bond motifs is 1. The van der Waals surface area contributed by atoms with E-state index < -0.39 is 34.1 Å². The van der Waals surface area contributed by atoms with Crippen LogP contribution in [0.4, 0.5) is 0 Å². The molecule has 1 amide bonds. The predicted molar refractivity (Wildman–Crippen MR) is 68.0 cm³/mol. The van der Waals surface area contributed by atoms with Crippen molar-refractivity contribution < 1.29 is 27.9 Å². The number of sulfonamides is 1. The zero-order valence-electron chi connectivity index (χ0n) is 10.8. The van der Waals surface area contributed by atoms with Crippen molar-refractivity contribution in [3.8, 4) is 0 Å². The Hall–Kier alpha value is -2.00. The number of rotatable bonds is 3. The van der Waals surface area contributed by atoms with Crippen LogP contribution in [-0.4, -0.2) is 53.4 Å². The monoisotopic (exact) mass is 312 g/mol. The Morgan fingerprint density at radius 1 is 1.48 bits per heavy atom. The molecule has 2 aliphatic rings. The number of aromatic nitrogens is 1. The van der Waals surface area contributed by atoms with E-state index in [1.807, 2.05) is 0 Å². The number of carbonyl (C=O) groups excluding carboxylic acids is 1. The number of carboxylic acid groups (broad SMARTS) is 1. The van der Waals surface area contributed by atoms with Gasteiger partial charge in [-0.2, -0.15) is 8.42 Å². The number of aliphatic carboxylic acids is 1. The Morgan fingerprint density at radius 2 is 2.24 bits per heavy atom. The van der Waals surface area contributed by atoms with Gasteiger partial charge in [0.05, 0.1) is 18.2 Å². The quantitative estimate of drug-likeness (QED) is 0.826. The van der Waals surface area contributed by atoms with E-state index >= 15 is 0 Å². The molecule has 0 radical (unpaired) electrons. The van der Waals surface area contributed by atoms with Crippen LogP contribution in [-0.2, 0) is 19.6 Å². The molecule has 9 heteroatoms. The summed E-state index contributed by atoms with van der Waals surface area (Å²) in [6.07, 6.45) is 0.433. The van der Waals surface area contributed by atoms with E-state index in [-0.39, 0.29) is 17.1 Å². The Labute approximate surface area is 120 Å². The number of carbonyl (C=O) groups is 2. The smallest absolute Gasteiger partial charge is 0.332 e. The van der Waals surface area contributed by atoms with Gasteiger partial charge < -0.3 is 9.84 Å². The van der Waals surface area contributed by atoms with Crippen molar-refractivity contribution in [3.63, 3.8) is 0 Å². The van der Waals surface area contributed by atoms with Crippen LogP contribution in [0.25, 0.3) is 0 Å². The molecule has 0 bridgehead atoms. The van der Waals surface area contributed by atoms with Gasteiger partial charge in [-0.25, -0.2) is 14.1 Å². The molecule has 2 aliphatic heterocycles. The van der Waals surface area contributed by atoms with Gasteiger partial charge in [0.2, 0.25) is 0 Å². The molecule has 1 saturated heterocycles. The van der Waals surface area contributed by atoms with Crippen LogP contribution in [0.1, 0.15) is 23.2 Å². The maximum Gasteiger partial charge on any atom is 0.332 e. The van der Waals surface area contributed by atoms with Crippen LogP contribution in [0.5, 0.6) is 0 Å². The van der Waals surface area contributed by atoms with Gasteiger partial charge in [0.1, 0.15) is 0 Å². The maximum absolute atomic E-state index is 12.3. The van der Waals surface area contributed by atoms with Gasteiger partial charge in [-0.15, -0.1) is 0 Å². The van der Waals surface area contributed by atoms with Gasteiger partial charge in [0.25, 0.3) is 15.9 Å². The molecule has 2 atom stereocenters. The molecule has 21 heavy (non-hydrogen) atoms. The van der Waals surface area contributed by atoms with Crippen molar-refractivity contribution in [2.45, 2.75) is 30.1 Å². The molecule has 0 spiro atoms. The standard InChI is InChI=1S/C12H12N2O6S/c15-11-8-2-1-5-13-10(8)21(18,19)14(11)6-7-3-4-9(20-7)12(16)17/h1-2,5,7,9H,3-4,6H2,(H,16,17). The summed E-state index contributed by atoms with van der Waals surface area (Å²) in [5, 5.41) is 8.59. The molecule has 1 N–H and O–H groups in total. The summed E-state index contributed by atoms with van der Waals surface area (Å²) in [7, 11) is -3.98. The lowest BCUT2D eigenvalue weighted by molar-refractivity contribution is -0.149. The van der Waals surface area contributed by atoms with Crippen molar-refractivity contribution >= 4 is 21.9 Å². The van der Waals surface area contributed by atoms with Gasteiger partial charge in [-0.3, -0.25) is 4.79 Å². The molecule has 3 rings (SSSR count). The van der Waals surface area contributed by atoms with Crippen LogP contribution >= 0.6 is 0 Å². The van der Waals surface area contributed by atoms with Gasteiger partial charge in [0.15, 0.2) is 11.1 Å². The van der Waals surface area contributed by atoms with Gasteiger partial charge in [-0.05, 0) is 25.0 Å². The highest BCUT2D eigenvalue weighted by atomic mass is 32.2. The van der Waals surface area contributed by atoms with Crippen LogP contribution in [0, 0.1) is 0 Å². The molecule has 1 aromatic heterocycles. The molecule has 0 saturated carbocycles. The molecule has 0 aromatic carbocycles. The fraction of sp³-hybridized carbons (Fsp3) is 0.417. The first-order valence-electron chi connectivity index (χ1n) is 6.31. The normalized spacial score (nSPS) is 26.9. The number of carboxylic acids is 1. The number of nitrogens with zero attached hydrogens (tertiary/aromatic N) is 2. The number of ether oxygens (including phenoxy) is 1. The van der Waals surface area contributed by atoms with E-state index in [9.17, 15) is 18.0 Å². The van der Waals surface area contributed by atoms with E-state index in [1.165, 1.54) is 18.3 Å². The van der Waals surface area contributed by atoms with E-state index in [0.29, 0.717) is 17.1 Å². The largest absolute Gasteiger partial charge is 0.479 e. The average Bonchev–Trinajstić information content (AvgIpc) is 2.98. The Morgan fingerprint density at radius 3 is 2.86 bits per heavy atom. The summed E-state index contributed by atoms with van der Waals surface area (Å²) in [5.74, 6) is -1.74. The third kappa shape index (κ3) is 2.18. The number of hydrogen-bond acceptors (Lipinski definition) is 6. The van der Waals surface area contributed by atoms with Gasteiger partial charge >= 0.3 is 5.97 Å². The first-order chi connectivity index (χ1) is 9.91. The fourth-order valence-electron chi connectivity index (χ4n) is 2.49. The van der Waals surface area contributed by atoms with Crippen LogP contribution in [0.2, 0.25) is 0 Å². The molecule has 1 fully saturated rings. The summed E-state index contributed by atoms with van der Waals surface area (Å²) in [5.41, 5.74) is 0.0327. The lowest BCUT2D eigenvalue weighted by Crippen LogP contribution is -2.37. The van der Waals surface area contributed by atoms with Crippen LogP contribution in [0.15, 0.2) is 23.4 Å². The second kappa shape index (κ2) is 4.78. The molecule has 112 valence electrons. The minimum Gasteiger partial charge on any atom is -0.479 e. The van der Waals surface area contributed by atoms with E-state index in [4.69, 9.17) is 9.84 Å². The highest BCUT2D eigenvalue weighted by Gasteiger charge is 2.44. The van der Waals surface area contributed by atoms with Gasteiger partial charge in [-0.1, -0.05) is 0 Å². The van der Waals surface area contributed by atoms with Crippen molar-refractivity contribution in [3.05, 3.63) is 23.9 Å². The van der Waals surface area contributed by atoms with Crippen LogP contribution < -0.4 is 0 Å². The second-order valence-corrected chi connectivity index (χ2v) is 6.64. The Kier molecular flexibility index (Phi) is 3.18. The van der Waals surface area contributed by atoms with E-state index in [1.54, 1.807) is 0 Å². The third-order valence-electron chi connectivity index (χ3n) is 3.51. The number of hydrogen-bond donors (Lipinski definition) is 1. The zero-order chi connectivity index (χ0) is 15.2. The number of pyridine rings is 1. The van der Waals surface area contributed by atoms with Gasteiger partial charge in [0, 0.05) is 6.20 Å². The lowest BCUT2D eigenvalue weighted by atomic mass is 10.2. The molecule has 8 nitrogen and oxygen atoms in total. The topological polar surface area (TPSA) is 114 Å². The fourth-order valence-corrected chi connectivity index (χ4v) is 4.01. The molecule has 3 heterocycles. The summed E-state index contributed by atoms with van der Waals surface area (Å²) < 4.78 is 30.5. The first-order valence-corrected chi connectivity index (χ1v) is 7.75. The first kappa shape index (κ1) is 14.0. The third-order valence-corrected chi connectivity index (χ3v) is 5.22. The predicted octanol–water partition coefficient (Wildman–Crippen LogP) is -0.142. The zero-order valence-corrected chi connectivity index (χ0v) is 11.6. The second-order valence-electron chi connectivity index (χ2n) is 4.86. The Balaban J connectivity index is 1.82. The van der Waals surface area contributed by atoms with E-state index in [2.05, 4.69) is 4.98 Å². The summed E-state index contributed by atoms with van der Waals surface area (Å²) in [4.78, 5) is 26.7. The summed E-state index contributed by atoms with van der Waals surface area (Å²) >= 11 is 0. The molecule has 2 unspecified atom stereocenters. The minimum atomic E-state index is -3.98. The SMILES string of the molecule is O=C(O)C1CCC(CN2C(=O)c3cccnc3S2(=O)=O)O1. The van der Waals surface area contributed by atoms with Crippen LogP contribution in [0.3, 0.4) is 0 Å². The van der Waals surface area contributed by atoms with Crippen molar-refractivity contribution in [2.75, 3.05) is 6.54 Å². The molecule has 1 aromatic rings. The summed E-state index contributed by atoms with van der Waals surface area (Å²) in [6.45, 7) is -0.193. The molecular formula is C12H12N2O6S. The van der Waals surface area contributed by atoms with Crippen molar-refractivity contribution in [1.82, 2.24) is 9.29 Å². The van der Waals surface area contributed by atoms with E-state index in [0.717, 1.165) is 0 Å². The highest BCUT2D eigenvalue weighted by molar-refractivity contribution is 7.90.